The highest BCUT2D eigenvalue weighted by molar-refractivity contribution is 8.00. The van der Waals surface area contributed by atoms with Gasteiger partial charge < -0.3 is 10.2 Å². The van der Waals surface area contributed by atoms with Crippen LogP contribution in [0.25, 0.3) is 0 Å². The zero-order valence-electron chi connectivity index (χ0n) is 11.9. The van der Waals surface area contributed by atoms with Gasteiger partial charge in [-0.2, -0.15) is 0 Å². The largest absolute Gasteiger partial charge is 0.351 e. The molecule has 1 saturated heterocycles. The van der Waals surface area contributed by atoms with E-state index in [0.717, 1.165) is 29.5 Å². The predicted octanol–water partition coefficient (Wildman–Crippen LogP) is 2.77. The van der Waals surface area contributed by atoms with Crippen molar-refractivity contribution in [1.82, 2.24) is 10.3 Å². The van der Waals surface area contributed by atoms with Gasteiger partial charge in [0.2, 0.25) is 5.91 Å². The van der Waals surface area contributed by atoms with Crippen molar-refractivity contribution in [1.29, 1.82) is 0 Å². The Morgan fingerprint density at radius 3 is 3.00 bits per heavy atom. The molecule has 0 bridgehead atoms. The molecule has 116 valence electrons. The van der Waals surface area contributed by atoms with Gasteiger partial charge in [-0.15, -0.1) is 23.1 Å². The van der Waals surface area contributed by atoms with Crippen molar-refractivity contribution >= 4 is 34.1 Å². The molecule has 2 heterocycles. The fraction of sp³-hybridized carbons (Fsp3) is 0.333. The van der Waals surface area contributed by atoms with Crippen LogP contribution < -0.4 is 10.2 Å². The summed E-state index contributed by atoms with van der Waals surface area (Å²) in [6.45, 7) is 1.73. The van der Waals surface area contributed by atoms with E-state index >= 15 is 0 Å². The fourth-order valence-corrected chi connectivity index (χ4v) is 3.76. The smallest absolute Gasteiger partial charge is 0.230 e. The van der Waals surface area contributed by atoms with Gasteiger partial charge in [0.1, 0.15) is 5.82 Å². The van der Waals surface area contributed by atoms with Crippen LogP contribution in [0.5, 0.6) is 0 Å². The van der Waals surface area contributed by atoms with Crippen LogP contribution in [0.1, 0.15) is 6.42 Å². The van der Waals surface area contributed by atoms with Crippen LogP contribution in [0, 0.1) is 5.82 Å². The van der Waals surface area contributed by atoms with Gasteiger partial charge in [-0.3, -0.25) is 4.79 Å². The number of anilines is 1. The lowest BCUT2D eigenvalue weighted by molar-refractivity contribution is -0.119. The van der Waals surface area contributed by atoms with E-state index in [1.54, 1.807) is 29.7 Å². The number of amides is 1. The number of aromatic nitrogens is 1. The molecule has 1 fully saturated rings. The summed E-state index contributed by atoms with van der Waals surface area (Å²) < 4.78 is 12.8. The lowest BCUT2D eigenvalue weighted by Gasteiger charge is -2.15. The predicted molar refractivity (Wildman–Crippen MR) is 88.0 cm³/mol. The van der Waals surface area contributed by atoms with Crippen molar-refractivity contribution in [3.05, 3.63) is 41.7 Å². The minimum Gasteiger partial charge on any atom is -0.351 e. The van der Waals surface area contributed by atoms with E-state index in [4.69, 9.17) is 0 Å². The Kier molecular flexibility index (Phi) is 4.94. The minimum absolute atomic E-state index is 0.0142. The highest BCUT2D eigenvalue weighted by atomic mass is 32.2. The summed E-state index contributed by atoms with van der Waals surface area (Å²) >= 11 is 3.03. The first-order valence-electron chi connectivity index (χ1n) is 7.03. The highest BCUT2D eigenvalue weighted by Gasteiger charge is 2.25. The molecular formula is C15H16FN3OS2. The fourth-order valence-electron chi connectivity index (χ4n) is 2.37. The third-order valence-electron chi connectivity index (χ3n) is 3.43. The van der Waals surface area contributed by atoms with Crippen LogP contribution in [0.15, 0.2) is 40.7 Å². The van der Waals surface area contributed by atoms with Crippen LogP contribution in [-0.2, 0) is 4.79 Å². The average molecular weight is 337 g/mol. The van der Waals surface area contributed by atoms with Crippen molar-refractivity contribution in [2.45, 2.75) is 17.4 Å². The first-order valence-corrected chi connectivity index (χ1v) is 8.89. The Labute approximate surface area is 136 Å². The molecule has 1 aromatic carbocycles. The maximum atomic E-state index is 12.8. The number of nitrogens with zero attached hydrogens (tertiary/aromatic N) is 2. The zero-order valence-corrected chi connectivity index (χ0v) is 13.5. The van der Waals surface area contributed by atoms with Gasteiger partial charge in [-0.25, -0.2) is 9.37 Å². The standard InChI is InChI=1S/C15H16FN3OS2/c16-11-1-3-13(4-2-11)22-10-14(20)18-12-5-7-19(9-12)15-17-6-8-21-15/h1-4,6,8,12H,5,7,9-10H2,(H,18,20). The van der Waals surface area contributed by atoms with Gasteiger partial charge in [0.15, 0.2) is 5.13 Å². The Balaban J connectivity index is 1.43. The molecule has 0 radical (unpaired) electrons. The molecule has 3 rings (SSSR count). The third-order valence-corrected chi connectivity index (χ3v) is 5.27. The molecule has 0 spiro atoms. The maximum absolute atomic E-state index is 12.8. The number of hydrogen-bond donors (Lipinski definition) is 1. The quantitative estimate of drug-likeness (QED) is 0.852. The summed E-state index contributed by atoms with van der Waals surface area (Å²) in [6.07, 6.45) is 2.73. The van der Waals surface area contributed by atoms with E-state index in [1.807, 2.05) is 5.38 Å². The van der Waals surface area contributed by atoms with Gasteiger partial charge >= 0.3 is 0 Å². The minimum atomic E-state index is -0.262. The summed E-state index contributed by atoms with van der Waals surface area (Å²) in [5, 5.41) is 6.02. The SMILES string of the molecule is O=C(CSc1ccc(F)cc1)NC1CCN(c2nccs2)C1. The van der Waals surface area contributed by atoms with E-state index in [9.17, 15) is 9.18 Å². The van der Waals surface area contributed by atoms with Gasteiger partial charge in [0, 0.05) is 35.6 Å². The van der Waals surface area contributed by atoms with Crippen molar-refractivity contribution in [2.24, 2.45) is 0 Å². The molecular weight excluding hydrogens is 321 g/mol. The van der Waals surface area contributed by atoms with E-state index < -0.39 is 0 Å². The number of nitrogens with one attached hydrogen (secondary N) is 1. The molecule has 7 heteroatoms. The summed E-state index contributed by atoms with van der Waals surface area (Å²) in [4.78, 5) is 19.4. The molecule has 1 atom stereocenters. The second kappa shape index (κ2) is 7.11. The monoisotopic (exact) mass is 337 g/mol. The zero-order chi connectivity index (χ0) is 15.4. The second-order valence-electron chi connectivity index (χ2n) is 5.06. The summed E-state index contributed by atoms with van der Waals surface area (Å²) in [5.41, 5.74) is 0. The van der Waals surface area contributed by atoms with E-state index in [1.165, 1.54) is 23.9 Å². The van der Waals surface area contributed by atoms with E-state index in [0.29, 0.717) is 5.75 Å². The number of carbonyl (C=O) groups excluding carboxylic acids is 1. The van der Waals surface area contributed by atoms with Gasteiger partial charge in [0.05, 0.1) is 5.75 Å². The summed E-state index contributed by atoms with van der Waals surface area (Å²) in [5.74, 6) is 0.0988. The Bertz CT molecular complexity index is 618. The molecule has 1 aliphatic rings. The summed E-state index contributed by atoms with van der Waals surface area (Å²) in [7, 11) is 0. The van der Waals surface area contributed by atoms with Gasteiger partial charge in [-0.1, -0.05) is 0 Å². The first-order chi connectivity index (χ1) is 10.7. The van der Waals surface area contributed by atoms with E-state index in [-0.39, 0.29) is 17.8 Å². The first kappa shape index (κ1) is 15.3. The lowest BCUT2D eigenvalue weighted by atomic mass is 10.3. The van der Waals surface area contributed by atoms with Crippen molar-refractivity contribution < 1.29 is 9.18 Å². The molecule has 1 unspecified atom stereocenters. The average Bonchev–Trinajstić information content (AvgIpc) is 3.17. The van der Waals surface area contributed by atoms with Gasteiger partial charge in [0.25, 0.3) is 0 Å². The number of rotatable bonds is 5. The second-order valence-corrected chi connectivity index (χ2v) is 6.98. The Morgan fingerprint density at radius 1 is 1.45 bits per heavy atom. The molecule has 1 N–H and O–H groups in total. The van der Waals surface area contributed by atoms with Crippen molar-refractivity contribution in [3.8, 4) is 0 Å². The van der Waals surface area contributed by atoms with Crippen molar-refractivity contribution in [2.75, 3.05) is 23.7 Å². The number of thioether (sulfide) groups is 1. The van der Waals surface area contributed by atoms with Crippen molar-refractivity contribution in [3.63, 3.8) is 0 Å². The molecule has 1 aromatic heterocycles. The summed E-state index contributed by atoms with van der Waals surface area (Å²) in [6, 6.07) is 6.36. The number of hydrogen-bond acceptors (Lipinski definition) is 5. The van der Waals surface area contributed by atoms with Crippen LogP contribution in [0.4, 0.5) is 9.52 Å². The number of thiazole rings is 1. The normalized spacial score (nSPS) is 17.7. The maximum Gasteiger partial charge on any atom is 0.230 e. The Hall–Kier alpha value is -1.60. The molecule has 4 nitrogen and oxygen atoms in total. The molecule has 1 amide bonds. The molecule has 22 heavy (non-hydrogen) atoms. The van der Waals surface area contributed by atoms with Crippen LogP contribution in [0.3, 0.4) is 0 Å². The lowest BCUT2D eigenvalue weighted by Crippen LogP contribution is -2.38. The van der Waals surface area contributed by atoms with E-state index in [2.05, 4.69) is 15.2 Å². The number of benzene rings is 1. The van der Waals surface area contributed by atoms with Gasteiger partial charge in [-0.05, 0) is 30.7 Å². The van der Waals surface area contributed by atoms with Crippen LogP contribution >= 0.6 is 23.1 Å². The molecule has 0 aliphatic carbocycles. The number of carbonyl (C=O) groups is 1. The Morgan fingerprint density at radius 2 is 2.27 bits per heavy atom. The molecule has 2 aromatic rings. The van der Waals surface area contributed by atoms with Crippen LogP contribution in [0.2, 0.25) is 0 Å². The molecule has 0 saturated carbocycles. The number of halogens is 1. The topological polar surface area (TPSA) is 45.2 Å². The highest BCUT2D eigenvalue weighted by Crippen LogP contribution is 2.22. The van der Waals surface area contributed by atoms with Crippen LogP contribution in [-0.4, -0.2) is 35.8 Å². The third kappa shape index (κ3) is 3.98. The molecule has 1 aliphatic heterocycles.